The SMILES string of the molecule is CCC(=O)NC1CCC(NC(=O)C2=C3NC(=O)N(c4ccc(Oc5ccccc5)cc4C)C4CCNC(S2)C34)CC1. The first kappa shape index (κ1) is 27.7. The first-order valence-electron chi connectivity index (χ1n) is 14.6. The summed E-state index contributed by atoms with van der Waals surface area (Å²) in [7, 11) is 0. The molecule has 0 spiro atoms. The number of urea groups is 1. The van der Waals surface area contributed by atoms with E-state index in [1.807, 2.05) is 67.3 Å². The maximum atomic E-state index is 13.6. The number of nitrogens with zero attached hydrogens (tertiary/aromatic N) is 1. The Morgan fingerprint density at radius 1 is 1.00 bits per heavy atom. The van der Waals surface area contributed by atoms with Crippen LogP contribution in [0.5, 0.6) is 11.5 Å². The molecule has 3 heterocycles. The molecule has 3 atom stereocenters. The molecule has 1 aliphatic carbocycles. The van der Waals surface area contributed by atoms with Gasteiger partial charge in [0.05, 0.1) is 16.3 Å². The Morgan fingerprint density at radius 2 is 1.73 bits per heavy atom. The van der Waals surface area contributed by atoms with E-state index in [1.165, 1.54) is 11.8 Å². The maximum Gasteiger partial charge on any atom is 0.326 e. The number of ether oxygens (including phenoxy) is 1. The first-order valence-corrected chi connectivity index (χ1v) is 15.5. The number of piperidine rings is 1. The lowest BCUT2D eigenvalue weighted by Crippen LogP contribution is -2.62. The Hall–Kier alpha value is -3.50. The summed E-state index contributed by atoms with van der Waals surface area (Å²) in [6.07, 6.45) is 4.63. The van der Waals surface area contributed by atoms with Crippen molar-refractivity contribution in [2.75, 3.05) is 11.4 Å². The van der Waals surface area contributed by atoms with Gasteiger partial charge in [-0.25, -0.2) is 4.79 Å². The minimum atomic E-state index is -0.207. The van der Waals surface area contributed by atoms with Crippen LogP contribution in [0.3, 0.4) is 0 Å². The van der Waals surface area contributed by atoms with Gasteiger partial charge >= 0.3 is 6.03 Å². The molecule has 10 heteroatoms. The van der Waals surface area contributed by atoms with E-state index in [9.17, 15) is 14.4 Å². The van der Waals surface area contributed by atoms with Gasteiger partial charge in [0.2, 0.25) is 5.91 Å². The van der Waals surface area contributed by atoms with Crippen molar-refractivity contribution in [1.29, 1.82) is 0 Å². The van der Waals surface area contributed by atoms with Gasteiger partial charge in [-0.15, -0.1) is 0 Å². The molecule has 4 amide bonds. The van der Waals surface area contributed by atoms with Crippen molar-refractivity contribution >= 4 is 35.3 Å². The third-order valence-electron chi connectivity index (χ3n) is 8.50. The van der Waals surface area contributed by atoms with Gasteiger partial charge in [0.1, 0.15) is 11.5 Å². The van der Waals surface area contributed by atoms with Crippen LogP contribution in [0.4, 0.5) is 10.5 Å². The van der Waals surface area contributed by atoms with Crippen molar-refractivity contribution in [2.45, 2.75) is 75.9 Å². The highest BCUT2D eigenvalue weighted by Gasteiger charge is 2.52. The summed E-state index contributed by atoms with van der Waals surface area (Å²) in [4.78, 5) is 41.3. The van der Waals surface area contributed by atoms with Crippen molar-refractivity contribution in [3.8, 4) is 11.5 Å². The summed E-state index contributed by atoms with van der Waals surface area (Å²) in [5.74, 6) is 1.43. The number of para-hydroxylation sites is 1. The van der Waals surface area contributed by atoms with Crippen molar-refractivity contribution in [2.24, 2.45) is 5.92 Å². The van der Waals surface area contributed by atoms with E-state index in [1.54, 1.807) is 0 Å². The number of aryl methyl sites for hydroxylation is 1. The summed E-state index contributed by atoms with van der Waals surface area (Å²) in [5.41, 5.74) is 2.54. The zero-order chi connectivity index (χ0) is 28.5. The number of rotatable bonds is 7. The van der Waals surface area contributed by atoms with Crippen LogP contribution < -0.4 is 30.9 Å². The lowest BCUT2D eigenvalue weighted by atomic mass is 9.86. The predicted molar refractivity (Wildman–Crippen MR) is 160 cm³/mol. The molecule has 216 valence electrons. The average Bonchev–Trinajstić information content (AvgIpc) is 3.35. The average molecular weight is 576 g/mol. The second-order valence-corrected chi connectivity index (χ2v) is 12.4. The van der Waals surface area contributed by atoms with Gasteiger partial charge < -0.3 is 26.0 Å². The quantitative estimate of drug-likeness (QED) is 0.386. The number of hydrogen-bond donors (Lipinski definition) is 4. The van der Waals surface area contributed by atoms with Crippen LogP contribution in [-0.4, -0.2) is 47.9 Å². The molecule has 4 N–H and O–H groups in total. The summed E-state index contributed by atoms with van der Waals surface area (Å²) in [6, 6.07) is 15.4. The van der Waals surface area contributed by atoms with Crippen LogP contribution in [0.1, 0.15) is 51.0 Å². The smallest absolute Gasteiger partial charge is 0.326 e. The van der Waals surface area contributed by atoms with E-state index in [0.717, 1.165) is 67.1 Å². The van der Waals surface area contributed by atoms with E-state index in [4.69, 9.17) is 4.74 Å². The molecular formula is C31H37N5O4S. The molecular weight excluding hydrogens is 538 g/mol. The number of hydrogen-bond acceptors (Lipinski definition) is 6. The number of amides is 4. The largest absolute Gasteiger partial charge is 0.457 e. The zero-order valence-electron chi connectivity index (χ0n) is 23.4. The lowest BCUT2D eigenvalue weighted by Gasteiger charge is -2.46. The Balaban J connectivity index is 1.16. The van der Waals surface area contributed by atoms with Gasteiger partial charge in [0.15, 0.2) is 0 Å². The number of nitrogens with one attached hydrogen (secondary N) is 4. The molecule has 0 aromatic heterocycles. The normalized spacial score (nSPS) is 27.1. The molecule has 0 radical (unpaired) electrons. The van der Waals surface area contributed by atoms with E-state index in [0.29, 0.717) is 11.3 Å². The maximum absolute atomic E-state index is 13.6. The van der Waals surface area contributed by atoms with Crippen molar-refractivity contribution in [3.05, 3.63) is 64.7 Å². The summed E-state index contributed by atoms with van der Waals surface area (Å²) < 4.78 is 6.01. The van der Waals surface area contributed by atoms with Gasteiger partial charge in [0, 0.05) is 35.8 Å². The molecule has 4 aliphatic rings. The number of carbonyl (C=O) groups excluding carboxylic acids is 3. The second kappa shape index (κ2) is 11.8. The molecule has 6 rings (SSSR count). The molecule has 3 aliphatic heterocycles. The number of thioether (sulfide) groups is 1. The van der Waals surface area contributed by atoms with Gasteiger partial charge in [-0.1, -0.05) is 36.9 Å². The van der Waals surface area contributed by atoms with Gasteiger partial charge in [-0.3, -0.25) is 14.5 Å². The standard InChI is InChI=1S/C31H37N5O4S/c1-3-25(37)33-19-9-11-20(12-10-19)34-29(38)28-27-26-24(15-16-32-30(26)41-28)36(31(39)35-27)23-14-13-22(17-18(23)2)40-21-7-5-4-6-8-21/h4-8,13-14,17,19-20,24,26,30,32H,3,9-12,15-16H2,1-2H3,(H,33,37)(H,34,38)(H,35,39). The fraction of sp³-hybridized carbons (Fsp3) is 0.452. The minimum Gasteiger partial charge on any atom is -0.457 e. The topological polar surface area (TPSA) is 112 Å². The van der Waals surface area contributed by atoms with Crippen LogP contribution in [0.15, 0.2) is 59.1 Å². The number of benzene rings is 2. The monoisotopic (exact) mass is 575 g/mol. The summed E-state index contributed by atoms with van der Waals surface area (Å²) >= 11 is 1.52. The third-order valence-corrected chi connectivity index (χ3v) is 9.86. The molecule has 1 saturated carbocycles. The molecule has 2 saturated heterocycles. The first-order chi connectivity index (χ1) is 19.9. The van der Waals surface area contributed by atoms with E-state index < -0.39 is 0 Å². The molecule has 9 nitrogen and oxygen atoms in total. The minimum absolute atomic E-state index is 0.00756. The van der Waals surface area contributed by atoms with Gasteiger partial charge in [-0.2, -0.15) is 0 Å². The van der Waals surface area contributed by atoms with Gasteiger partial charge in [0.25, 0.3) is 5.91 Å². The van der Waals surface area contributed by atoms with Crippen LogP contribution in [-0.2, 0) is 9.59 Å². The van der Waals surface area contributed by atoms with Crippen molar-refractivity contribution < 1.29 is 19.1 Å². The van der Waals surface area contributed by atoms with E-state index >= 15 is 0 Å². The fourth-order valence-electron chi connectivity index (χ4n) is 6.45. The highest BCUT2D eigenvalue weighted by atomic mass is 32.2. The number of anilines is 1. The molecule has 2 aromatic carbocycles. The molecule has 41 heavy (non-hydrogen) atoms. The Bertz CT molecular complexity index is 1360. The Kier molecular flexibility index (Phi) is 7.94. The highest BCUT2D eigenvalue weighted by molar-refractivity contribution is 8.04. The highest BCUT2D eigenvalue weighted by Crippen LogP contribution is 2.48. The molecule has 0 bridgehead atoms. The van der Waals surface area contributed by atoms with Crippen LogP contribution in [0.2, 0.25) is 0 Å². The van der Waals surface area contributed by atoms with Crippen molar-refractivity contribution in [3.63, 3.8) is 0 Å². The predicted octanol–water partition coefficient (Wildman–Crippen LogP) is 4.53. The third kappa shape index (κ3) is 5.67. The lowest BCUT2D eigenvalue weighted by molar-refractivity contribution is -0.122. The van der Waals surface area contributed by atoms with E-state index in [2.05, 4.69) is 21.3 Å². The van der Waals surface area contributed by atoms with Crippen LogP contribution in [0, 0.1) is 12.8 Å². The van der Waals surface area contributed by atoms with Crippen molar-refractivity contribution in [1.82, 2.24) is 21.3 Å². The summed E-state index contributed by atoms with van der Waals surface area (Å²) in [5, 5.41) is 13.0. The second-order valence-electron chi connectivity index (χ2n) is 11.2. The summed E-state index contributed by atoms with van der Waals surface area (Å²) in [6.45, 7) is 4.62. The Labute approximate surface area is 244 Å². The van der Waals surface area contributed by atoms with Gasteiger partial charge in [-0.05, 0) is 81.5 Å². The number of carbonyl (C=O) groups is 3. The van der Waals surface area contributed by atoms with Crippen LogP contribution in [0.25, 0.3) is 0 Å². The van der Waals surface area contributed by atoms with Crippen LogP contribution >= 0.6 is 11.8 Å². The zero-order valence-corrected chi connectivity index (χ0v) is 24.3. The molecule has 2 aromatic rings. The van der Waals surface area contributed by atoms with E-state index in [-0.39, 0.29) is 47.3 Å². The molecule has 3 fully saturated rings. The Morgan fingerprint density at radius 3 is 2.44 bits per heavy atom. The molecule has 3 unspecified atom stereocenters. The fourth-order valence-corrected chi connectivity index (χ4v) is 7.85.